The first-order valence-corrected chi connectivity index (χ1v) is 9.00. The zero-order valence-electron chi connectivity index (χ0n) is 12.4. The molecule has 0 spiro atoms. The Hall–Kier alpha value is -2.07. The van der Waals surface area contributed by atoms with Crippen molar-refractivity contribution >= 4 is 38.8 Å². The highest BCUT2D eigenvalue weighted by Gasteiger charge is 2.23. The van der Waals surface area contributed by atoms with E-state index in [1.54, 1.807) is 4.52 Å². The first-order valence-electron chi connectivity index (χ1n) is 7.37. The monoisotopic (exact) mass is 349 g/mol. The van der Waals surface area contributed by atoms with Crippen LogP contribution in [-0.2, 0) is 6.54 Å². The minimum atomic E-state index is -0.304. The van der Waals surface area contributed by atoms with Crippen LogP contribution in [0.4, 0.5) is 9.93 Å². The Bertz CT molecular complexity index is 816. The van der Waals surface area contributed by atoms with Crippen LogP contribution in [0.15, 0.2) is 6.20 Å². The molecule has 2 amide bonds. The highest BCUT2D eigenvalue weighted by atomic mass is 32.1. The molecular weight excluding hydrogens is 334 g/mol. The number of nitrogens with one attached hydrogen (secondary N) is 2. The molecule has 1 saturated carbocycles. The van der Waals surface area contributed by atoms with Crippen LogP contribution in [0, 0.1) is 6.92 Å². The Balaban J connectivity index is 1.32. The van der Waals surface area contributed by atoms with Crippen molar-refractivity contribution in [3.05, 3.63) is 21.9 Å². The van der Waals surface area contributed by atoms with Crippen LogP contribution in [0.5, 0.6) is 0 Å². The topological polar surface area (TPSA) is 97.1 Å². The van der Waals surface area contributed by atoms with Gasteiger partial charge in [-0.05, 0) is 19.8 Å². The van der Waals surface area contributed by atoms with Gasteiger partial charge in [-0.2, -0.15) is 5.10 Å². The van der Waals surface area contributed by atoms with Gasteiger partial charge in [0.1, 0.15) is 10.0 Å². The molecule has 8 nitrogen and oxygen atoms in total. The standard InChI is InChI=1S/C13H15N7OS2/c1-7-19-20-6-9(15-13(20)22-7)5-14-11(21)16-12-18-17-10(23-12)8-3-2-4-8/h6,8H,2-5H2,1H3,(H2,14,16,18,21). The van der Waals surface area contributed by atoms with Crippen molar-refractivity contribution in [3.63, 3.8) is 0 Å². The molecule has 0 saturated heterocycles. The van der Waals surface area contributed by atoms with E-state index >= 15 is 0 Å². The summed E-state index contributed by atoms with van der Waals surface area (Å²) in [5.41, 5.74) is 0.770. The molecule has 0 bridgehead atoms. The van der Waals surface area contributed by atoms with E-state index in [0.29, 0.717) is 17.6 Å². The molecule has 3 heterocycles. The van der Waals surface area contributed by atoms with Gasteiger partial charge in [0, 0.05) is 5.92 Å². The molecule has 1 aliphatic carbocycles. The third-order valence-corrected chi connectivity index (χ3v) is 5.58. The van der Waals surface area contributed by atoms with Gasteiger partial charge < -0.3 is 5.32 Å². The minimum absolute atomic E-state index is 0.304. The summed E-state index contributed by atoms with van der Waals surface area (Å²) >= 11 is 2.97. The van der Waals surface area contributed by atoms with Crippen molar-refractivity contribution in [2.24, 2.45) is 0 Å². The Kier molecular flexibility index (Phi) is 3.69. The molecule has 0 aliphatic heterocycles. The molecule has 0 aromatic carbocycles. The Morgan fingerprint density at radius 3 is 3.00 bits per heavy atom. The van der Waals surface area contributed by atoms with Crippen LogP contribution in [0.1, 0.15) is 40.9 Å². The van der Waals surface area contributed by atoms with Gasteiger partial charge in [-0.3, -0.25) is 5.32 Å². The van der Waals surface area contributed by atoms with Crippen LogP contribution in [0.2, 0.25) is 0 Å². The number of aromatic nitrogens is 5. The quantitative estimate of drug-likeness (QED) is 0.754. The van der Waals surface area contributed by atoms with Crippen molar-refractivity contribution < 1.29 is 4.79 Å². The molecule has 1 fully saturated rings. The van der Waals surface area contributed by atoms with Gasteiger partial charge in [-0.15, -0.1) is 10.2 Å². The van der Waals surface area contributed by atoms with E-state index in [-0.39, 0.29) is 6.03 Å². The minimum Gasteiger partial charge on any atom is -0.332 e. The molecule has 0 radical (unpaired) electrons. The summed E-state index contributed by atoms with van der Waals surface area (Å²) in [4.78, 5) is 17.2. The van der Waals surface area contributed by atoms with E-state index < -0.39 is 0 Å². The maximum Gasteiger partial charge on any atom is 0.321 e. The van der Waals surface area contributed by atoms with Crippen LogP contribution in [-0.4, -0.2) is 30.8 Å². The van der Waals surface area contributed by atoms with E-state index in [1.807, 2.05) is 13.1 Å². The molecule has 3 aromatic rings. The van der Waals surface area contributed by atoms with Gasteiger partial charge in [0.25, 0.3) is 0 Å². The number of nitrogens with zero attached hydrogens (tertiary/aromatic N) is 5. The van der Waals surface area contributed by atoms with Crippen molar-refractivity contribution in [2.45, 2.75) is 38.6 Å². The summed E-state index contributed by atoms with van der Waals surface area (Å²) in [6.45, 7) is 2.28. The van der Waals surface area contributed by atoms with Gasteiger partial charge >= 0.3 is 6.03 Å². The number of imidazole rings is 1. The summed E-state index contributed by atoms with van der Waals surface area (Å²) in [5, 5.41) is 20.5. The maximum atomic E-state index is 11.9. The second-order valence-electron chi connectivity index (χ2n) is 5.46. The first kappa shape index (κ1) is 14.5. The summed E-state index contributed by atoms with van der Waals surface area (Å²) in [6, 6.07) is -0.304. The fourth-order valence-electron chi connectivity index (χ4n) is 2.35. The predicted octanol–water partition coefficient (Wildman–Crippen LogP) is 2.54. The highest BCUT2D eigenvalue weighted by molar-refractivity contribution is 7.16. The largest absolute Gasteiger partial charge is 0.332 e. The van der Waals surface area contributed by atoms with E-state index in [4.69, 9.17) is 0 Å². The number of aryl methyl sites for hydroxylation is 1. The molecular formula is C13H15N7OS2. The number of carbonyl (C=O) groups is 1. The second-order valence-corrected chi connectivity index (χ2v) is 7.63. The lowest BCUT2D eigenvalue weighted by atomic mass is 9.86. The molecule has 3 aromatic heterocycles. The number of fused-ring (bicyclic) bond motifs is 1. The molecule has 1 aliphatic rings. The molecule has 120 valence electrons. The number of amides is 2. The van der Waals surface area contributed by atoms with Crippen LogP contribution in [0.3, 0.4) is 0 Å². The van der Waals surface area contributed by atoms with Crippen LogP contribution >= 0.6 is 22.7 Å². The average Bonchev–Trinajstić information content (AvgIpc) is 3.09. The predicted molar refractivity (Wildman–Crippen MR) is 88.0 cm³/mol. The number of rotatable bonds is 4. The smallest absolute Gasteiger partial charge is 0.321 e. The number of urea groups is 1. The fourth-order valence-corrected chi connectivity index (χ4v) is 4.00. The van der Waals surface area contributed by atoms with Crippen molar-refractivity contribution in [3.8, 4) is 0 Å². The molecule has 0 unspecified atom stereocenters. The number of hydrogen-bond acceptors (Lipinski definition) is 7. The number of anilines is 1. The lowest BCUT2D eigenvalue weighted by Gasteiger charge is -2.21. The summed E-state index contributed by atoms with van der Waals surface area (Å²) < 4.78 is 1.73. The van der Waals surface area contributed by atoms with E-state index in [2.05, 4.69) is 30.9 Å². The Morgan fingerprint density at radius 1 is 1.39 bits per heavy atom. The van der Waals surface area contributed by atoms with Gasteiger partial charge in [0.15, 0.2) is 0 Å². The lowest BCUT2D eigenvalue weighted by molar-refractivity contribution is 0.251. The molecule has 4 rings (SSSR count). The summed E-state index contributed by atoms with van der Waals surface area (Å²) in [6.07, 6.45) is 5.42. The third kappa shape index (κ3) is 3.04. The summed E-state index contributed by atoms with van der Waals surface area (Å²) in [5.74, 6) is 0.528. The molecule has 0 atom stereocenters. The summed E-state index contributed by atoms with van der Waals surface area (Å²) in [7, 11) is 0. The van der Waals surface area contributed by atoms with Crippen molar-refractivity contribution in [1.29, 1.82) is 0 Å². The van der Waals surface area contributed by atoms with E-state index in [0.717, 1.165) is 20.7 Å². The normalized spacial score (nSPS) is 14.8. The zero-order valence-corrected chi connectivity index (χ0v) is 14.1. The SMILES string of the molecule is Cc1nn2cc(CNC(=O)Nc3nnc(C4CCC4)s3)nc2s1. The number of carbonyl (C=O) groups excluding carboxylic acids is 1. The zero-order chi connectivity index (χ0) is 15.8. The first-order chi connectivity index (χ1) is 11.2. The van der Waals surface area contributed by atoms with Crippen molar-refractivity contribution in [1.82, 2.24) is 30.1 Å². The van der Waals surface area contributed by atoms with Crippen LogP contribution in [0.25, 0.3) is 4.96 Å². The number of hydrogen-bond donors (Lipinski definition) is 2. The van der Waals surface area contributed by atoms with Crippen LogP contribution < -0.4 is 10.6 Å². The fraction of sp³-hybridized carbons (Fsp3) is 0.462. The van der Waals surface area contributed by atoms with Gasteiger partial charge in [0.05, 0.1) is 18.4 Å². The Morgan fingerprint density at radius 2 is 2.26 bits per heavy atom. The molecule has 10 heteroatoms. The molecule has 23 heavy (non-hydrogen) atoms. The highest BCUT2D eigenvalue weighted by Crippen LogP contribution is 2.38. The maximum absolute atomic E-state index is 11.9. The second kappa shape index (κ2) is 5.85. The van der Waals surface area contributed by atoms with E-state index in [1.165, 1.54) is 41.9 Å². The van der Waals surface area contributed by atoms with Gasteiger partial charge in [-0.1, -0.05) is 29.1 Å². The van der Waals surface area contributed by atoms with E-state index in [9.17, 15) is 4.79 Å². The average molecular weight is 349 g/mol. The Labute approximate surface area is 140 Å². The van der Waals surface area contributed by atoms with Gasteiger partial charge in [-0.25, -0.2) is 14.3 Å². The van der Waals surface area contributed by atoms with Gasteiger partial charge in [0.2, 0.25) is 10.1 Å². The molecule has 2 N–H and O–H groups in total. The van der Waals surface area contributed by atoms with Crippen molar-refractivity contribution in [2.75, 3.05) is 5.32 Å². The lowest BCUT2D eigenvalue weighted by Crippen LogP contribution is -2.28. The third-order valence-electron chi connectivity index (χ3n) is 3.74.